The van der Waals surface area contributed by atoms with Crippen LogP contribution in [0, 0.1) is 0 Å². The van der Waals surface area contributed by atoms with Crippen molar-refractivity contribution in [2.45, 2.75) is 53.2 Å². The molecule has 0 heterocycles. The Morgan fingerprint density at radius 2 is 1.44 bits per heavy atom. The lowest BCUT2D eigenvalue weighted by atomic mass is 10.0. The van der Waals surface area contributed by atoms with Gasteiger partial charge < -0.3 is 24.3 Å². The number of rotatable bonds is 12. The predicted molar refractivity (Wildman–Crippen MR) is 122 cm³/mol. The van der Waals surface area contributed by atoms with E-state index in [1.807, 2.05) is 51.1 Å². The second-order valence-corrected chi connectivity index (χ2v) is 7.28. The standard InChI is InChI=1S/C25H33NO6/c1-6-29-21-14-19(15-22(30-7-2)24(21)31-8-3)25(28)26-20(16-23(27)32-17(4)5)18-12-10-9-11-13-18/h9-15,17,20H,6-8,16H2,1-5H3,(H,26,28). The van der Waals surface area contributed by atoms with Crippen molar-refractivity contribution < 1.29 is 28.5 Å². The zero-order valence-corrected chi connectivity index (χ0v) is 19.5. The maximum absolute atomic E-state index is 13.2. The van der Waals surface area contributed by atoms with Crippen molar-refractivity contribution in [2.24, 2.45) is 0 Å². The minimum Gasteiger partial charge on any atom is -0.490 e. The smallest absolute Gasteiger partial charge is 0.308 e. The molecule has 174 valence electrons. The Morgan fingerprint density at radius 3 is 1.94 bits per heavy atom. The van der Waals surface area contributed by atoms with Crippen LogP contribution in [-0.2, 0) is 9.53 Å². The van der Waals surface area contributed by atoms with E-state index in [1.165, 1.54) is 0 Å². The molecule has 0 aliphatic rings. The van der Waals surface area contributed by atoms with Gasteiger partial charge in [-0.15, -0.1) is 0 Å². The van der Waals surface area contributed by atoms with E-state index in [0.717, 1.165) is 5.56 Å². The first kappa shape index (κ1) is 25.0. The van der Waals surface area contributed by atoms with Crippen molar-refractivity contribution in [1.29, 1.82) is 0 Å². The topological polar surface area (TPSA) is 83.1 Å². The molecule has 0 radical (unpaired) electrons. The van der Waals surface area contributed by atoms with Gasteiger partial charge in [0, 0.05) is 5.56 Å². The number of amides is 1. The Morgan fingerprint density at radius 1 is 0.875 bits per heavy atom. The van der Waals surface area contributed by atoms with E-state index in [9.17, 15) is 9.59 Å². The van der Waals surface area contributed by atoms with E-state index in [-0.39, 0.29) is 24.4 Å². The summed E-state index contributed by atoms with van der Waals surface area (Å²) < 4.78 is 22.4. The zero-order valence-electron chi connectivity index (χ0n) is 19.5. The fourth-order valence-corrected chi connectivity index (χ4v) is 3.18. The summed E-state index contributed by atoms with van der Waals surface area (Å²) in [7, 11) is 0. The highest BCUT2D eigenvalue weighted by molar-refractivity contribution is 5.96. The first-order valence-electron chi connectivity index (χ1n) is 11.0. The number of esters is 1. The molecule has 0 saturated heterocycles. The average molecular weight is 444 g/mol. The van der Waals surface area contributed by atoms with Gasteiger partial charge in [-0.1, -0.05) is 30.3 Å². The summed E-state index contributed by atoms with van der Waals surface area (Å²) in [5.41, 5.74) is 1.15. The third-order valence-electron chi connectivity index (χ3n) is 4.42. The van der Waals surface area contributed by atoms with Crippen LogP contribution < -0.4 is 19.5 Å². The van der Waals surface area contributed by atoms with Gasteiger partial charge in [-0.25, -0.2) is 0 Å². The van der Waals surface area contributed by atoms with Crippen LogP contribution in [0.15, 0.2) is 42.5 Å². The molecule has 0 bridgehead atoms. The molecule has 1 atom stereocenters. The molecule has 0 fully saturated rings. The summed E-state index contributed by atoms with van der Waals surface area (Å²) in [5, 5.41) is 2.95. The van der Waals surface area contributed by atoms with Crippen LogP contribution in [0.5, 0.6) is 17.2 Å². The summed E-state index contributed by atoms with van der Waals surface area (Å²) in [6.07, 6.45) is -0.218. The molecule has 7 nitrogen and oxygen atoms in total. The van der Waals surface area contributed by atoms with Crippen LogP contribution in [0.25, 0.3) is 0 Å². The molecule has 0 saturated carbocycles. The number of ether oxygens (including phenoxy) is 4. The fraction of sp³-hybridized carbons (Fsp3) is 0.440. The first-order valence-corrected chi connectivity index (χ1v) is 11.0. The number of hydrogen-bond donors (Lipinski definition) is 1. The number of carbonyl (C=O) groups is 2. The summed E-state index contributed by atoms with van der Waals surface area (Å²) in [6, 6.07) is 12.0. The molecule has 32 heavy (non-hydrogen) atoms. The molecule has 2 aromatic rings. The number of nitrogens with one attached hydrogen (secondary N) is 1. The maximum Gasteiger partial charge on any atom is 0.308 e. The summed E-state index contributed by atoms with van der Waals surface area (Å²) in [4.78, 5) is 25.5. The van der Waals surface area contributed by atoms with Gasteiger partial charge in [-0.05, 0) is 52.3 Å². The zero-order chi connectivity index (χ0) is 23.5. The Labute approximate surface area is 190 Å². The first-order chi connectivity index (χ1) is 15.4. The molecule has 7 heteroatoms. The molecule has 0 aliphatic heterocycles. The lowest BCUT2D eigenvalue weighted by Gasteiger charge is -2.21. The van der Waals surface area contributed by atoms with Crippen molar-refractivity contribution in [2.75, 3.05) is 19.8 Å². The maximum atomic E-state index is 13.2. The Balaban J connectivity index is 2.36. The van der Waals surface area contributed by atoms with Crippen LogP contribution in [0.4, 0.5) is 0 Å². The third kappa shape index (κ3) is 7.18. The third-order valence-corrected chi connectivity index (χ3v) is 4.42. The van der Waals surface area contributed by atoms with Crippen molar-refractivity contribution in [3.8, 4) is 17.2 Å². The van der Waals surface area contributed by atoms with Gasteiger partial charge in [0.05, 0.1) is 38.4 Å². The van der Waals surface area contributed by atoms with E-state index in [1.54, 1.807) is 26.0 Å². The van der Waals surface area contributed by atoms with Crippen LogP contribution >= 0.6 is 0 Å². The summed E-state index contributed by atoms with van der Waals surface area (Å²) >= 11 is 0. The van der Waals surface area contributed by atoms with Crippen LogP contribution in [0.2, 0.25) is 0 Å². The molecule has 0 aromatic heterocycles. The van der Waals surface area contributed by atoms with E-state index in [0.29, 0.717) is 42.6 Å². The molecule has 1 amide bonds. The number of hydrogen-bond acceptors (Lipinski definition) is 6. The highest BCUT2D eigenvalue weighted by atomic mass is 16.5. The minimum atomic E-state index is -0.549. The lowest BCUT2D eigenvalue weighted by molar-refractivity contribution is -0.147. The quantitative estimate of drug-likeness (QED) is 0.479. The van der Waals surface area contributed by atoms with Gasteiger partial charge in [0.1, 0.15) is 0 Å². The fourth-order valence-electron chi connectivity index (χ4n) is 3.18. The second kappa shape index (κ2) is 12.6. The van der Waals surface area contributed by atoms with E-state index in [2.05, 4.69) is 5.32 Å². The molecular formula is C25H33NO6. The molecular weight excluding hydrogens is 410 g/mol. The van der Waals surface area contributed by atoms with Gasteiger partial charge in [-0.2, -0.15) is 0 Å². The van der Waals surface area contributed by atoms with Crippen molar-refractivity contribution >= 4 is 11.9 Å². The lowest BCUT2D eigenvalue weighted by Crippen LogP contribution is -2.31. The van der Waals surface area contributed by atoms with E-state index >= 15 is 0 Å². The summed E-state index contributed by atoms with van der Waals surface area (Å²) in [5.74, 6) is 0.585. The van der Waals surface area contributed by atoms with Crippen molar-refractivity contribution in [3.63, 3.8) is 0 Å². The molecule has 1 N–H and O–H groups in total. The van der Waals surface area contributed by atoms with Gasteiger partial charge >= 0.3 is 5.97 Å². The predicted octanol–water partition coefficient (Wildman–Crippen LogP) is 4.70. The Hall–Kier alpha value is -3.22. The molecule has 0 spiro atoms. The van der Waals surface area contributed by atoms with Gasteiger partial charge in [0.2, 0.25) is 5.75 Å². The van der Waals surface area contributed by atoms with Gasteiger partial charge in [-0.3, -0.25) is 9.59 Å². The Bertz CT molecular complexity index is 854. The Kier molecular flexibility index (Phi) is 9.85. The van der Waals surface area contributed by atoms with Gasteiger partial charge in [0.15, 0.2) is 11.5 Å². The molecule has 0 aliphatic carbocycles. The normalized spacial score (nSPS) is 11.6. The van der Waals surface area contributed by atoms with Crippen molar-refractivity contribution in [3.05, 3.63) is 53.6 Å². The monoisotopic (exact) mass is 443 g/mol. The van der Waals surface area contributed by atoms with Crippen molar-refractivity contribution in [1.82, 2.24) is 5.32 Å². The molecule has 1 unspecified atom stereocenters. The number of benzene rings is 2. The van der Waals surface area contributed by atoms with Crippen LogP contribution in [0.1, 0.15) is 63.0 Å². The molecule has 2 rings (SSSR count). The SMILES string of the molecule is CCOc1cc(C(=O)NC(CC(=O)OC(C)C)c2ccccc2)cc(OCC)c1OCC. The summed E-state index contributed by atoms with van der Waals surface area (Å²) in [6.45, 7) is 10.4. The molecule has 2 aromatic carbocycles. The average Bonchev–Trinajstić information content (AvgIpc) is 2.75. The van der Waals surface area contributed by atoms with Gasteiger partial charge in [0.25, 0.3) is 5.91 Å². The highest BCUT2D eigenvalue weighted by Crippen LogP contribution is 2.39. The largest absolute Gasteiger partial charge is 0.490 e. The minimum absolute atomic E-state index is 0.0155. The second-order valence-electron chi connectivity index (χ2n) is 7.28. The van der Waals surface area contributed by atoms with Crippen LogP contribution in [0.3, 0.4) is 0 Å². The van der Waals surface area contributed by atoms with Crippen LogP contribution in [-0.4, -0.2) is 37.8 Å². The van der Waals surface area contributed by atoms with E-state index in [4.69, 9.17) is 18.9 Å². The highest BCUT2D eigenvalue weighted by Gasteiger charge is 2.23. The number of carbonyl (C=O) groups excluding carboxylic acids is 2. The van der Waals surface area contributed by atoms with E-state index < -0.39 is 6.04 Å².